The molecule has 0 aromatic carbocycles. The highest BCUT2D eigenvalue weighted by atomic mass is 16.6. The Morgan fingerprint density at radius 3 is 2.28 bits per heavy atom. The van der Waals surface area contributed by atoms with E-state index in [1.165, 1.54) is 0 Å². The second-order valence-electron chi connectivity index (χ2n) is 8.03. The van der Waals surface area contributed by atoms with Crippen LogP contribution in [0.5, 0.6) is 0 Å². The van der Waals surface area contributed by atoms with Crippen molar-refractivity contribution in [2.75, 3.05) is 20.3 Å². The van der Waals surface area contributed by atoms with Crippen molar-refractivity contribution >= 4 is 17.9 Å². The minimum atomic E-state index is -1.50. The Morgan fingerprint density at radius 1 is 1.22 bits per heavy atom. The van der Waals surface area contributed by atoms with Gasteiger partial charge in [0.25, 0.3) is 0 Å². The fraction of sp³-hybridized carbons (Fsp3) is 0.522. The summed E-state index contributed by atoms with van der Waals surface area (Å²) in [6.45, 7) is 16.8. The number of methoxy groups -OCH3 is 1. The lowest BCUT2D eigenvalue weighted by molar-refractivity contribution is -0.163. The number of rotatable bonds is 10. The van der Waals surface area contributed by atoms with Crippen LogP contribution in [0.2, 0.25) is 0 Å². The quantitative estimate of drug-likeness (QED) is 0.190. The lowest BCUT2D eigenvalue weighted by Crippen LogP contribution is -2.54. The normalized spacial score (nSPS) is 28.1. The Kier molecular flexibility index (Phi) is 9.56. The van der Waals surface area contributed by atoms with Gasteiger partial charge in [0, 0.05) is 18.4 Å². The molecule has 32 heavy (non-hydrogen) atoms. The van der Waals surface area contributed by atoms with Crippen molar-refractivity contribution in [3.63, 3.8) is 0 Å². The zero-order valence-corrected chi connectivity index (χ0v) is 18.7. The third-order valence-corrected chi connectivity index (χ3v) is 5.79. The van der Waals surface area contributed by atoms with Crippen molar-refractivity contribution in [1.82, 2.24) is 0 Å². The average molecular weight is 453 g/mol. The maximum atomic E-state index is 12.6. The Labute approximate surface area is 187 Å². The van der Waals surface area contributed by atoms with Crippen molar-refractivity contribution in [3.8, 4) is 0 Å². The molecule has 178 valence electrons. The molecule has 0 amide bonds. The summed E-state index contributed by atoms with van der Waals surface area (Å²) in [4.78, 5) is 35.8. The van der Waals surface area contributed by atoms with Crippen LogP contribution in [0.15, 0.2) is 49.1 Å². The minimum absolute atomic E-state index is 0.0942. The van der Waals surface area contributed by atoms with Gasteiger partial charge in [0.05, 0.1) is 31.3 Å². The molecule has 0 spiro atoms. The Balaban J connectivity index is 3.28. The zero-order valence-electron chi connectivity index (χ0n) is 18.7. The SMILES string of the molecule is C=C[C@]1(C)C[C@H](OC(=O)C(=C)[C@H](O)COC(C)=O)[C@H](C(=C)C(=O)OC)[C@@H](O)[C@H]1C(=C)CO. The lowest BCUT2D eigenvalue weighted by atomic mass is 9.58. The topological polar surface area (TPSA) is 140 Å². The molecule has 0 radical (unpaired) electrons. The van der Waals surface area contributed by atoms with E-state index in [0.717, 1.165) is 14.0 Å². The first-order valence-corrected chi connectivity index (χ1v) is 9.93. The summed E-state index contributed by atoms with van der Waals surface area (Å²) >= 11 is 0. The van der Waals surface area contributed by atoms with Crippen LogP contribution in [0.4, 0.5) is 0 Å². The van der Waals surface area contributed by atoms with Gasteiger partial charge in [-0.2, -0.15) is 0 Å². The Morgan fingerprint density at radius 2 is 1.81 bits per heavy atom. The van der Waals surface area contributed by atoms with Crippen molar-refractivity contribution in [1.29, 1.82) is 0 Å². The fourth-order valence-corrected chi connectivity index (χ4v) is 3.98. The van der Waals surface area contributed by atoms with Crippen molar-refractivity contribution in [3.05, 3.63) is 49.1 Å². The first kappa shape index (κ1) is 27.3. The molecule has 0 aliphatic heterocycles. The number of hydrogen-bond acceptors (Lipinski definition) is 9. The smallest absolute Gasteiger partial charge is 0.336 e. The molecule has 0 unspecified atom stereocenters. The van der Waals surface area contributed by atoms with E-state index < -0.39 is 66.7 Å². The van der Waals surface area contributed by atoms with Crippen LogP contribution in [0, 0.1) is 17.3 Å². The van der Waals surface area contributed by atoms with Gasteiger partial charge in [-0.05, 0) is 17.4 Å². The number of esters is 3. The maximum absolute atomic E-state index is 12.6. The van der Waals surface area contributed by atoms with E-state index in [-0.39, 0.29) is 17.6 Å². The van der Waals surface area contributed by atoms with E-state index in [9.17, 15) is 29.7 Å². The van der Waals surface area contributed by atoms with Gasteiger partial charge in [-0.15, -0.1) is 6.58 Å². The molecule has 9 nitrogen and oxygen atoms in total. The molecule has 9 heteroatoms. The number of carbonyl (C=O) groups excluding carboxylic acids is 3. The van der Waals surface area contributed by atoms with Crippen LogP contribution < -0.4 is 0 Å². The average Bonchev–Trinajstić information content (AvgIpc) is 2.75. The minimum Gasteiger partial charge on any atom is -0.466 e. The highest BCUT2D eigenvalue weighted by molar-refractivity contribution is 5.90. The highest BCUT2D eigenvalue weighted by Gasteiger charge is 2.53. The third-order valence-electron chi connectivity index (χ3n) is 5.79. The van der Waals surface area contributed by atoms with Gasteiger partial charge >= 0.3 is 17.9 Å². The number of allylic oxidation sites excluding steroid dienone is 1. The highest BCUT2D eigenvalue weighted by Crippen LogP contribution is 2.50. The molecule has 3 N–H and O–H groups in total. The zero-order chi connectivity index (χ0) is 24.8. The predicted octanol–water partition coefficient (Wildman–Crippen LogP) is 0.845. The van der Waals surface area contributed by atoms with Crippen LogP contribution in [-0.4, -0.2) is 71.9 Å². The Bertz CT molecular complexity index is 799. The van der Waals surface area contributed by atoms with Gasteiger partial charge in [0.1, 0.15) is 18.8 Å². The molecule has 0 saturated heterocycles. The molecule has 0 heterocycles. The van der Waals surface area contributed by atoms with Crippen LogP contribution in [0.3, 0.4) is 0 Å². The summed E-state index contributed by atoms with van der Waals surface area (Å²) in [5, 5.41) is 30.8. The van der Waals surface area contributed by atoms with Crippen LogP contribution >= 0.6 is 0 Å². The molecule has 0 aromatic rings. The Hall–Kier alpha value is -2.75. The van der Waals surface area contributed by atoms with Gasteiger partial charge < -0.3 is 29.5 Å². The third kappa shape index (κ3) is 5.93. The molecule has 0 bridgehead atoms. The second-order valence-corrected chi connectivity index (χ2v) is 8.03. The van der Waals surface area contributed by atoms with Crippen molar-refractivity contribution in [2.24, 2.45) is 17.3 Å². The summed E-state index contributed by atoms with van der Waals surface area (Å²) < 4.78 is 14.9. The lowest BCUT2D eigenvalue weighted by Gasteiger charge is -2.50. The van der Waals surface area contributed by atoms with Crippen molar-refractivity contribution in [2.45, 2.75) is 38.6 Å². The van der Waals surface area contributed by atoms with E-state index >= 15 is 0 Å². The summed E-state index contributed by atoms with van der Waals surface area (Å²) in [5.41, 5.74) is -1.06. The van der Waals surface area contributed by atoms with Gasteiger partial charge in [-0.3, -0.25) is 4.79 Å². The van der Waals surface area contributed by atoms with E-state index in [1.54, 1.807) is 13.0 Å². The van der Waals surface area contributed by atoms with Gasteiger partial charge in [0.2, 0.25) is 0 Å². The molecule has 1 fully saturated rings. The molecule has 1 rings (SSSR count). The number of aliphatic hydroxyl groups is 3. The van der Waals surface area contributed by atoms with E-state index in [1.807, 2.05) is 0 Å². The summed E-state index contributed by atoms with van der Waals surface area (Å²) in [7, 11) is 1.15. The monoisotopic (exact) mass is 452 g/mol. The number of aliphatic hydroxyl groups excluding tert-OH is 3. The molecule has 0 aromatic heterocycles. The number of ether oxygens (including phenoxy) is 3. The largest absolute Gasteiger partial charge is 0.466 e. The molecule has 1 aliphatic carbocycles. The first-order chi connectivity index (χ1) is 14.8. The summed E-state index contributed by atoms with van der Waals surface area (Å²) in [6, 6.07) is 0. The molecular formula is C23H32O9. The molecule has 1 aliphatic rings. The van der Waals surface area contributed by atoms with Crippen molar-refractivity contribution < 1.29 is 43.9 Å². The summed E-state index contributed by atoms with van der Waals surface area (Å²) in [5.74, 6) is -4.27. The standard InChI is InChI=1S/C23H32O9/c1-8-23(6)9-17(32-22(29)13(3)16(26)11-31-15(5)25)18(14(4)21(28)30-7)20(27)19(23)12(2)10-24/h8,16-20,24,26-27H,1-4,9-11H2,5-7H3/t16-,17+,18+,19-,20-,23-/m1/s1. The van der Waals surface area contributed by atoms with Gasteiger partial charge in [-0.1, -0.05) is 32.7 Å². The molecular weight excluding hydrogens is 420 g/mol. The van der Waals surface area contributed by atoms with Gasteiger partial charge in [-0.25, -0.2) is 9.59 Å². The molecule has 6 atom stereocenters. The van der Waals surface area contributed by atoms with E-state index in [0.29, 0.717) is 5.57 Å². The van der Waals surface area contributed by atoms with E-state index in [2.05, 4.69) is 31.1 Å². The van der Waals surface area contributed by atoms with Crippen LogP contribution in [-0.2, 0) is 28.6 Å². The predicted molar refractivity (Wildman–Crippen MR) is 115 cm³/mol. The van der Waals surface area contributed by atoms with Crippen LogP contribution in [0.25, 0.3) is 0 Å². The fourth-order valence-electron chi connectivity index (χ4n) is 3.98. The first-order valence-electron chi connectivity index (χ1n) is 9.93. The van der Waals surface area contributed by atoms with Crippen LogP contribution in [0.1, 0.15) is 20.3 Å². The number of carbonyl (C=O) groups is 3. The van der Waals surface area contributed by atoms with E-state index in [4.69, 9.17) is 9.47 Å². The second kappa shape index (κ2) is 11.2. The maximum Gasteiger partial charge on any atom is 0.336 e. The number of hydrogen-bond donors (Lipinski definition) is 3. The summed E-state index contributed by atoms with van der Waals surface area (Å²) in [6.07, 6.45) is -2.25. The van der Waals surface area contributed by atoms with Gasteiger partial charge in [0.15, 0.2) is 0 Å². The molecule has 1 saturated carbocycles.